The van der Waals surface area contributed by atoms with Gasteiger partial charge in [0.2, 0.25) is 0 Å². The number of nitrogens with zero attached hydrogens (tertiary/aromatic N) is 1. The maximum atomic E-state index is 10.6. The Balaban J connectivity index is 2.35. The Morgan fingerprint density at radius 2 is 1.73 bits per heavy atom. The summed E-state index contributed by atoms with van der Waals surface area (Å²) in [5.74, 6) is 0. The minimum Gasteiger partial charge on any atom is -0.172 e. The summed E-state index contributed by atoms with van der Waals surface area (Å²) in [5.41, 5.74) is 0.535. The Hall–Kier alpha value is -1.07. The Kier molecular flexibility index (Phi) is 1.18. The van der Waals surface area contributed by atoms with Gasteiger partial charge < -0.3 is 0 Å². The standard InChI is InChI=1S/C6H5NO3S/c8-11(9)7(10-11)6-4-2-1-3-5-6/h1-5H. The molecule has 4 nitrogen and oxygen atoms in total. The van der Waals surface area contributed by atoms with Gasteiger partial charge in [-0.25, -0.2) is 0 Å². The van der Waals surface area contributed by atoms with E-state index in [0.717, 1.165) is 4.47 Å². The molecule has 1 aromatic rings. The lowest BCUT2D eigenvalue weighted by molar-refractivity contribution is 0.497. The summed E-state index contributed by atoms with van der Waals surface area (Å²) in [6.07, 6.45) is 0. The van der Waals surface area contributed by atoms with Crippen LogP contribution >= 0.6 is 0 Å². The van der Waals surface area contributed by atoms with E-state index in [2.05, 4.69) is 4.28 Å². The first kappa shape index (κ1) is 6.63. The monoisotopic (exact) mass is 171 g/mol. The molecule has 0 N–H and O–H groups in total. The van der Waals surface area contributed by atoms with Gasteiger partial charge in [0.15, 0.2) is 0 Å². The molecule has 0 aromatic heterocycles. The van der Waals surface area contributed by atoms with Crippen molar-refractivity contribution in [2.75, 3.05) is 4.47 Å². The van der Waals surface area contributed by atoms with Gasteiger partial charge in [-0.1, -0.05) is 18.2 Å². The predicted molar refractivity (Wildman–Crippen MR) is 38.9 cm³/mol. The van der Waals surface area contributed by atoms with Crippen molar-refractivity contribution in [3.05, 3.63) is 30.3 Å². The van der Waals surface area contributed by atoms with E-state index in [-0.39, 0.29) is 0 Å². The molecule has 0 amide bonds. The van der Waals surface area contributed by atoms with Gasteiger partial charge >= 0.3 is 10.3 Å². The van der Waals surface area contributed by atoms with E-state index >= 15 is 0 Å². The molecule has 11 heavy (non-hydrogen) atoms. The highest BCUT2D eigenvalue weighted by molar-refractivity contribution is 7.93. The molecule has 0 saturated carbocycles. The zero-order valence-corrected chi connectivity index (χ0v) is 6.28. The number of benzene rings is 1. The van der Waals surface area contributed by atoms with E-state index < -0.39 is 10.3 Å². The maximum Gasteiger partial charge on any atom is 0.408 e. The fraction of sp³-hybridized carbons (Fsp3) is 0. The first-order valence-electron chi connectivity index (χ1n) is 3.00. The van der Waals surface area contributed by atoms with Crippen LogP contribution in [0.25, 0.3) is 0 Å². The predicted octanol–water partition coefficient (Wildman–Crippen LogP) is 0.683. The first-order chi connectivity index (χ1) is 5.20. The van der Waals surface area contributed by atoms with E-state index in [0.29, 0.717) is 5.69 Å². The normalized spacial score (nSPS) is 19.8. The van der Waals surface area contributed by atoms with Crippen LogP contribution < -0.4 is 4.47 Å². The molecule has 0 bridgehead atoms. The highest BCUT2D eigenvalue weighted by atomic mass is 32.3. The molecular weight excluding hydrogens is 166 g/mol. The third-order valence-corrected chi connectivity index (χ3v) is 2.21. The van der Waals surface area contributed by atoms with Crippen LogP contribution in [0.5, 0.6) is 0 Å². The van der Waals surface area contributed by atoms with Gasteiger partial charge in [-0.2, -0.15) is 8.42 Å². The number of para-hydroxylation sites is 1. The second kappa shape index (κ2) is 1.96. The summed E-state index contributed by atoms with van der Waals surface area (Å²) < 4.78 is 26.3. The summed E-state index contributed by atoms with van der Waals surface area (Å²) in [6.45, 7) is 0. The van der Waals surface area contributed by atoms with Crippen LogP contribution in [0.15, 0.2) is 30.3 Å². The average Bonchev–Trinajstić information content (AvgIpc) is 2.62. The Morgan fingerprint density at radius 1 is 1.18 bits per heavy atom. The fourth-order valence-corrected chi connectivity index (χ4v) is 1.55. The molecule has 58 valence electrons. The van der Waals surface area contributed by atoms with Gasteiger partial charge in [0.05, 0.1) is 5.69 Å². The molecule has 1 aliphatic heterocycles. The minimum absolute atomic E-state index is 0.535. The van der Waals surface area contributed by atoms with Gasteiger partial charge in [-0.15, -0.1) is 8.75 Å². The molecular formula is C6H5NO3S. The van der Waals surface area contributed by atoms with Crippen molar-refractivity contribution in [3.8, 4) is 0 Å². The van der Waals surface area contributed by atoms with E-state index in [4.69, 9.17) is 0 Å². The van der Waals surface area contributed by atoms with Crippen molar-refractivity contribution in [2.24, 2.45) is 0 Å². The molecule has 5 heteroatoms. The van der Waals surface area contributed by atoms with Gasteiger partial charge in [-0.3, -0.25) is 0 Å². The van der Waals surface area contributed by atoms with Gasteiger partial charge in [0, 0.05) is 0 Å². The summed E-state index contributed by atoms with van der Waals surface area (Å²) in [6, 6.07) is 8.60. The highest BCUT2D eigenvalue weighted by Gasteiger charge is 2.43. The van der Waals surface area contributed by atoms with Crippen molar-refractivity contribution >= 4 is 16.0 Å². The molecule has 1 aromatic carbocycles. The SMILES string of the molecule is O=S1(=O)ON1c1ccccc1. The first-order valence-corrected chi connectivity index (χ1v) is 4.36. The number of rotatable bonds is 1. The zero-order chi connectivity index (χ0) is 7.90. The zero-order valence-electron chi connectivity index (χ0n) is 5.47. The van der Waals surface area contributed by atoms with Crippen molar-refractivity contribution in [1.82, 2.24) is 0 Å². The molecule has 0 atom stereocenters. The van der Waals surface area contributed by atoms with Crippen LogP contribution in [-0.4, -0.2) is 8.42 Å². The summed E-state index contributed by atoms with van der Waals surface area (Å²) >= 11 is 0. The average molecular weight is 171 g/mol. The second-order valence-electron chi connectivity index (χ2n) is 2.09. The molecule has 2 rings (SSSR count). The van der Waals surface area contributed by atoms with Crippen molar-refractivity contribution in [2.45, 2.75) is 0 Å². The lowest BCUT2D eigenvalue weighted by Crippen LogP contribution is -1.92. The molecule has 1 aliphatic rings. The van der Waals surface area contributed by atoms with E-state index in [1.54, 1.807) is 30.3 Å². The molecule has 1 fully saturated rings. The lowest BCUT2D eigenvalue weighted by atomic mass is 10.3. The minimum atomic E-state index is -3.38. The quantitative estimate of drug-likeness (QED) is 0.584. The Bertz CT molecular complexity index is 359. The van der Waals surface area contributed by atoms with Crippen LogP contribution in [-0.2, 0) is 14.6 Å². The molecule has 0 radical (unpaired) electrons. The van der Waals surface area contributed by atoms with Gasteiger partial charge in [-0.05, 0) is 12.1 Å². The van der Waals surface area contributed by atoms with Gasteiger partial charge in [0.1, 0.15) is 0 Å². The molecule has 1 heterocycles. The van der Waals surface area contributed by atoms with Crippen LogP contribution in [0.4, 0.5) is 5.69 Å². The van der Waals surface area contributed by atoms with E-state index in [1.807, 2.05) is 0 Å². The number of hydrogen-bond acceptors (Lipinski definition) is 3. The van der Waals surface area contributed by atoms with Gasteiger partial charge in [0.25, 0.3) is 0 Å². The third kappa shape index (κ3) is 1.08. The summed E-state index contributed by atoms with van der Waals surface area (Å²) in [4.78, 5) is 0. The molecule has 1 saturated heterocycles. The lowest BCUT2D eigenvalue weighted by Gasteiger charge is -1.90. The highest BCUT2D eigenvalue weighted by Crippen LogP contribution is 2.30. The Morgan fingerprint density at radius 3 is 2.18 bits per heavy atom. The summed E-state index contributed by atoms with van der Waals surface area (Å²) in [5, 5.41) is 0. The van der Waals surface area contributed by atoms with Crippen molar-refractivity contribution < 1.29 is 12.7 Å². The van der Waals surface area contributed by atoms with Crippen molar-refractivity contribution in [3.63, 3.8) is 0 Å². The molecule has 0 spiro atoms. The third-order valence-electron chi connectivity index (χ3n) is 1.31. The summed E-state index contributed by atoms with van der Waals surface area (Å²) in [7, 11) is -3.38. The van der Waals surface area contributed by atoms with Crippen molar-refractivity contribution in [1.29, 1.82) is 0 Å². The smallest absolute Gasteiger partial charge is 0.172 e. The van der Waals surface area contributed by atoms with E-state index in [9.17, 15) is 8.42 Å². The Labute approximate surface area is 64.2 Å². The topological polar surface area (TPSA) is 49.7 Å². The second-order valence-corrected chi connectivity index (χ2v) is 3.43. The molecule has 0 unspecified atom stereocenters. The van der Waals surface area contributed by atoms with E-state index in [1.165, 1.54) is 0 Å². The molecule has 0 aliphatic carbocycles. The van der Waals surface area contributed by atoms with Crippen LogP contribution in [0.1, 0.15) is 0 Å². The number of anilines is 1. The number of hydrogen-bond donors (Lipinski definition) is 0. The maximum absolute atomic E-state index is 10.6. The van der Waals surface area contributed by atoms with Crippen LogP contribution in [0.3, 0.4) is 0 Å². The fourth-order valence-electron chi connectivity index (χ4n) is 0.794. The largest absolute Gasteiger partial charge is 0.408 e. The van der Waals surface area contributed by atoms with Crippen LogP contribution in [0.2, 0.25) is 0 Å². The van der Waals surface area contributed by atoms with Crippen LogP contribution in [0, 0.1) is 0 Å².